The predicted molar refractivity (Wildman–Crippen MR) is 58.8 cm³/mol. The highest BCUT2D eigenvalue weighted by Gasteiger charge is 2.17. The summed E-state index contributed by atoms with van der Waals surface area (Å²) in [6.45, 7) is 1.34. The van der Waals surface area contributed by atoms with Gasteiger partial charge in [-0.25, -0.2) is 0 Å². The van der Waals surface area contributed by atoms with E-state index in [0.717, 1.165) is 16.9 Å². The molecule has 0 bridgehead atoms. The Balaban J connectivity index is 1.84. The number of furan rings is 1. The summed E-state index contributed by atoms with van der Waals surface area (Å²) in [5.41, 5.74) is 2.11. The number of rotatable bonds is 2. The van der Waals surface area contributed by atoms with E-state index in [1.54, 1.807) is 6.26 Å². The minimum absolute atomic E-state index is 0.203. The lowest BCUT2D eigenvalue weighted by Gasteiger charge is -2.09. The molecule has 2 aromatic rings. The molecular formula is C13H12O3. The standard InChI is InChI=1S/C13H12O3/c1-2-12(14-7-1)10-3-5-11(6-4-10)13-15-8-9-16-13/h1-7,13H,8-9H2. The Kier molecular flexibility index (Phi) is 2.48. The molecule has 1 saturated heterocycles. The van der Waals surface area contributed by atoms with Crippen LogP contribution >= 0.6 is 0 Å². The van der Waals surface area contributed by atoms with Crippen molar-refractivity contribution in [2.24, 2.45) is 0 Å². The summed E-state index contributed by atoms with van der Waals surface area (Å²) in [4.78, 5) is 0. The molecule has 0 unspecified atom stereocenters. The maximum atomic E-state index is 5.42. The molecule has 3 rings (SSSR count). The average Bonchev–Trinajstić information content (AvgIpc) is 3.03. The molecule has 1 aromatic heterocycles. The van der Waals surface area contributed by atoms with Gasteiger partial charge in [0.25, 0.3) is 0 Å². The number of benzene rings is 1. The Morgan fingerprint density at radius 1 is 0.938 bits per heavy atom. The van der Waals surface area contributed by atoms with Gasteiger partial charge < -0.3 is 13.9 Å². The maximum Gasteiger partial charge on any atom is 0.184 e. The molecule has 2 heterocycles. The van der Waals surface area contributed by atoms with Gasteiger partial charge in [-0.15, -0.1) is 0 Å². The van der Waals surface area contributed by atoms with Crippen LogP contribution in [-0.2, 0) is 9.47 Å². The summed E-state index contributed by atoms with van der Waals surface area (Å²) in [5, 5.41) is 0. The molecule has 0 saturated carbocycles. The number of hydrogen-bond donors (Lipinski definition) is 0. The molecule has 82 valence electrons. The Labute approximate surface area is 93.6 Å². The summed E-state index contributed by atoms with van der Waals surface area (Å²) in [6.07, 6.45) is 1.47. The van der Waals surface area contributed by atoms with E-state index in [9.17, 15) is 0 Å². The van der Waals surface area contributed by atoms with Crippen LogP contribution in [0.15, 0.2) is 47.1 Å². The molecular weight excluding hydrogens is 204 g/mol. The predicted octanol–water partition coefficient (Wildman–Crippen LogP) is 2.99. The van der Waals surface area contributed by atoms with Gasteiger partial charge in [-0.3, -0.25) is 0 Å². The van der Waals surface area contributed by atoms with Gasteiger partial charge in [0, 0.05) is 11.1 Å². The largest absolute Gasteiger partial charge is 0.464 e. The molecule has 16 heavy (non-hydrogen) atoms. The molecule has 1 fully saturated rings. The third kappa shape index (κ3) is 1.75. The van der Waals surface area contributed by atoms with Crippen LogP contribution in [0.4, 0.5) is 0 Å². The van der Waals surface area contributed by atoms with Crippen molar-refractivity contribution in [2.75, 3.05) is 13.2 Å². The molecule has 0 radical (unpaired) electrons. The van der Waals surface area contributed by atoms with Crippen LogP contribution in [0.5, 0.6) is 0 Å². The highest BCUT2D eigenvalue weighted by atomic mass is 16.7. The minimum atomic E-state index is -0.203. The average molecular weight is 216 g/mol. The topological polar surface area (TPSA) is 31.6 Å². The summed E-state index contributed by atoms with van der Waals surface area (Å²) in [5.74, 6) is 0.875. The van der Waals surface area contributed by atoms with Crippen molar-refractivity contribution < 1.29 is 13.9 Å². The Hall–Kier alpha value is -1.58. The van der Waals surface area contributed by atoms with Gasteiger partial charge >= 0.3 is 0 Å². The Morgan fingerprint density at radius 2 is 1.69 bits per heavy atom. The van der Waals surface area contributed by atoms with Gasteiger partial charge in [-0.05, 0) is 12.1 Å². The van der Waals surface area contributed by atoms with Crippen LogP contribution in [0.25, 0.3) is 11.3 Å². The number of hydrogen-bond acceptors (Lipinski definition) is 3. The van der Waals surface area contributed by atoms with Crippen LogP contribution in [0, 0.1) is 0 Å². The monoisotopic (exact) mass is 216 g/mol. The summed E-state index contributed by atoms with van der Waals surface area (Å²) in [6, 6.07) is 11.9. The second-order valence-corrected chi connectivity index (χ2v) is 3.67. The highest BCUT2D eigenvalue weighted by Crippen LogP contribution is 2.26. The molecule has 1 aromatic carbocycles. The first-order valence-corrected chi connectivity index (χ1v) is 5.30. The Morgan fingerprint density at radius 3 is 2.31 bits per heavy atom. The normalized spacial score (nSPS) is 16.8. The Bertz CT molecular complexity index is 439. The smallest absolute Gasteiger partial charge is 0.184 e. The van der Waals surface area contributed by atoms with Gasteiger partial charge in [0.05, 0.1) is 19.5 Å². The molecule has 0 N–H and O–H groups in total. The second-order valence-electron chi connectivity index (χ2n) is 3.67. The molecule has 0 aliphatic carbocycles. The van der Waals surface area contributed by atoms with Gasteiger partial charge in [-0.1, -0.05) is 24.3 Å². The van der Waals surface area contributed by atoms with E-state index < -0.39 is 0 Å². The zero-order chi connectivity index (χ0) is 10.8. The molecule has 0 atom stereocenters. The molecule has 0 amide bonds. The highest BCUT2D eigenvalue weighted by molar-refractivity contribution is 5.57. The molecule has 0 spiro atoms. The van der Waals surface area contributed by atoms with Crippen molar-refractivity contribution in [2.45, 2.75) is 6.29 Å². The maximum absolute atomic E-state index is 5.42. The van der Waals surface area contributed by atoms with Crippen LogP contribution < -0.4 is 0 Å². The van der Waals surface area contributed by atoms with E-state index in [1.807, 2.05) is 36.4 Å². The van der Waals surface area contributed by atoms with Crippen molar-refractivity contribution >= 4 is 0 Å². The third-order valence-electron chi connectivity index (χ3n) is 2.61. The van der Waals surface area contributed by atoms with Crippen molar-refractivity contribution in [3.63, 3.8) is 0 Å². The van der Waals surface area contributed by atoms with Crippen molar-refractivity contribution in [1.82, 2.24) is 0 Å². The van der Waals surface area contributed by atoms with E-state index in [0.29, 0.717) is 13.2 Å². The van der Waals surface area contributed by atoms with E-state index in [-0.39, 0.29) is 6.29 Å². The van der Waals surface area contributed by atoms with E-state index in [2.05, 4.69) is 0 Å². The van der Waals surface area contributed by atoms with E-state index in [4.69, 9.17) is 13.9 Å². The first-order valence-electron chi connectivity index (χ1n) is 5.30. The quantitative estimate of drug-likeness (QED) is 0.773. The van der Waals surface area contributed by atoms with Crippen LogP contribution in [0.1, 0.15) is 11.9 Å². The third-order valence-corrected chi connectivity index (χ3v) is 2.61. The van der Waals surface area contributed by atoms with Gasteiger partial charge in [0.2, 0.25) is 0 Å². The summed E-state index contributed by atoms with van der Waals surface area (Å²) >= 11 is 0. The first kappa shape index (κ1) is 9.63. The molecule has 1 aliphatic rings. The van der Waals surface area contributed by atoms with Crippen molar-refractivity contribution in [1.29, 1.82) is 0 Å². The zero-order valence-corrected chi connectivity index (χ0v) is 8.76. The first-order chi connectivity index (χ1) is 7.93. The van der Waals surface area contributed by atoms with Crippen LogP contribution in [0.2, 0.25) is 0 Å². The second kappa shape index (κ2) is 4.12. The van der Waals surface area contributed by atoms with E-state index in [1.165, 1.54) is 0 Å². The molecule has 1 aliphatic heterocycles. The van der Waals surface area contributed by atoms with E-state index >= 15 is 0 Å². The summed E-state index contributed by atoms with van der Waals surface area (Å²) in [7, 11) is 0. The minimum Gasteiger partial charge on any atom is -0.464 e. The summed E-state index contributed by atoms with van der Waals surface area (Å²) < 4.78 is 16.2. The molecule has 3 nitrogen and oxygen atoms in total. The van der Waals surface area contributed by atoms with Crippen molar-refractivity contribution in [3.8, 4) is 11.3 Å². The zero-order valence-electron chi connectivity index (χ0n) is 8.76. The SMILES string of the molecule is c1coc(-c2ccc(C3OCCO3)cc2)c1. The van der Waals surface area contributed by atoms with Crippen molar-refractivity contribution in [3.05, 3.63) is 48.2 Å². The fourth-order valence-electron chi connectivity index (χ4n) is 1.80. The molecule has 3 heteroatoms. The van der Waals surface area contributed by atoms with Gasteiger partial charge in [-0.2, -0.15) is 0 Å². The van der Waals surface area contributed by atoms with Gasteiger partial charge in [0.1, 0.15) is 5.76 Å². The fourth-order valence-corrected chi connectivity index (χ4v) is 1.80. The lowest BCUT2D eigenvalue weighted by molar-refractivity contribution is -0.0441. The van der Waals surface area contributed by atoms with Crippen LogP contribution in [0.3, 0.4) is 0 Å². The lowest BCUT2D eigenvalue weighted by atomic mass is 10.1. The fraction of sp³-hybridized carbons (Fsp3) is 0.231. The van der Waals surface area contributed by atoms with Crippen LogP contribution in [-0.4, -0.2) is 13.2 Å². The lowest BCUT2D eigenvalue weighted by Crippen LogP contribution is -1.97. The number of ether oxygens (including phenoxy) is 2. The van der Waals surface area contributed by atoms with Gasteiger partial charge in [0.15, 0.2) is 6.29 Å².